The Hall–Kier alpha value is -1.98. The monoisotopic (exact) mass is 299 g/mol. The average Bonchev–Trinajstić information content (AvgIpc) is 2.49. The van der Waals surface area contributed by atoms with Crippen LogP contribution in [0.15, 0.2) is 58.7 Å². The topological polar surface area (TPSA) is 51.8 Å². The smallest absolute Gasteiger partial charge is 0.137 e. The van der Waals surface area contributed by atoms with Gasteiger partial charge in [-0.25, -0.2) is 14.4 Å². The van der Waals surface area contributed by atoms with E-state index < -0.39 is 0 Å². The van der Waals surface area contributed by atoms with Gasteiger partial charge < -0.3 is 5.73 Å². The van der Waals surface area contributed by atoms with E-state index in [0.717, 1.165) is 21.5 Å². The lowest BCUT2D eigenvalue weighted by Crippen LogP contribution is -2.05. The molecule has 0 unspecified atom stereocenters. The molecule has 0 amide bonds. The third-order valence-electron chi connectivity index (χ3n) is 3.19. The first-order valence-corrected chi connectivity index (χ1v) is 7.39. The second-order valence-electron chi connectivity index (χ2n) is 4.78. The van der Waals surface area contributed by atoms with E-state index in [0.29, 0.717) is 4.90 Å². The maximum atomic E-state index is 14.2. The Morgan fingerprint density at radius 3 is 2.71 bits per heavy atom. The van der Waals surface area contributed by atoms with Gasteiger partial charge >= 0.3 is 0 Å². The van der Waals surface area contributed by atoms with Gasteiger partial charge in [0.2, 0.25) is 0 Å². The fourth-order valence-electron chi connectivity index (χ4n) is 2.05. The Bertz CT molecular complexity index is 784. The highest BCUT2D eigenvalue weighted by Crippen LogP contribution is 2.33. The SMILES string of the molecule is C[C@H](N)c1ccc(Sc2ncnc3ccccc23)c(F)c1. The number of fused-ring (bicyclic) bond motifs is 1. The molecule has 3 rings (SSSR count). The number of rotatable bonds is 3. The molecule has 5 heteroatoms. The van der Waals surface area contributed by atoms with E-state index in [1.54, 1.807) is 6.07 Å². The summed E-state index contributed by atoms with van der Waals surface area (Å²) in [5.41, 5.74) is 7.40. The van der Waals surface area contributed by atoms with Gasteiger partial charge in [-0.05, 0) is 30.7 Å². The van der Waals surface area contributed by atoms with Crippen LogP contribution in [-0.2, 0) is 0 Å². The quantitative estimate of drug-likeness (QED) is 0.744. The van der Waals surface area contributed by atoms with Crippen molar-refractivity contribution >= 4 is 22.7 Å². The van der Waals surface area contributed by atoms with Crippen LogP contribution < -0.4 is 5.73 Å². The lowest BCUT2D eigenvalue weighted by atomic mass is 10.1. The lowest BCUT2D eigenvalue weighted by Gasteiger charge is -2.09. The highest BCUT2D eigenvalue weighted by molar-refractivity contribution is 7.99. The van der Waals surface area contributed by atoms with Crippen molar-refractivity contribution in [2.75, 3.05) is 0 Å². The zero-order chi connectivity index (χ0) is 14.8. The summed E-state index contributed by atoms with van der Waals surface area (Å²) in [5, 5.41) is 1.66. The summed E-state index contributed by atoms with van der Waals surface area (Å²) in [5.74, 6) is -0.280. The second kappa shape index (κ2) is 5.79. The second-order valence-corrected chi connectivity index (χ2v) is 5.81. The van der Waals surface area contributed by atoms with Crippen molar-refractivity contribution in [3.05, 3.63) is 60.2 Å². The average molecular weight is 299 g/mol. The first-order chi connectivity index (χ1) is 10.1. The Labute approximate surface area is 126 Å². The Morgan fingerprint density at radius 2 is 1.95 bits per heavy atom. The molecule has 0 aliphatic rings. The Kier molecular flexibility index (Phi) is 3.86. The van der Waals surface area contributed by atoms with E-state index in [4.69, 9.17) is 5.73 Å². The van der Waals surface area contributed by atoms with Gasteiger partial charge in [0.05, 0.1) is 5.52 Å². The minimum absolute atomic E-state index is 0.182. The zero-order valence-electron chi connectivity index (χ0n) is 11.5. The van der Waals surface area contributed by atoms with E-state index in [1.807, 2.05) is 37.3 Å². The zero-order valence-corrected chi connectivity index (χ0v) is 12.3. The van der Waals surface area contributed by atoms with Gasteiger partial charge in [-0.3, -0.25) is 0 Å². The van der Waals surface area contributed by atoms with Gasteiger partial charge in [0.1, 0.15) is 17.2 Å². The molecule has 3 nitrogen and oxygen atoms in total. The number of halogens is 1. The molecule has 2 N–H and O–H groups in total. The lowest BCUT2D eigenvalue weighted by molar-refractivity contribution is 0.596. The van der Waals surface area contributed by atoms with Crippen LogP contribution >= 0.6 is 11.8 Å². The third kappa shape index (κ3) is 2.89. The predicted octanol–water partition coefficient (Wildman–Crippen LogP) is 3.94. The summed E-state index contributed by atoms with van der Waals surface area (Å²) in [6.45, 7) is 1.83. The highest BCUT2D eigenvalue weighted by atomic mass is 32.2. The molecule has 0 radical (unpaired) electrons. The summed E-state index contributed by atoms with van der Waals surface area (Å²) in [7, 11) is 0. The van der Waals surface area contributed by atoms with Gasteiger partial charge in [0.25, 0.3) is 0 Å². The standard InChI is InChI=1S/C16H14FN3S/c1-10(18)11-6-7-15(13(17)8-11)21-16-12-4-2-3-5-14(12)19-9-20-16/h2-10H,18H2,1H3/t10-/m0/s1. The first-order valence-electron chi connectivity index (χ1n) is 6.58. The van der Waals surface area contributed by atoms with Crippen LogP contribution in [0.2, 0.25) is 0 Å². The number of para-hydroxylation sites is 1. The van der Waals surface area contributed by atoms with Gasteiger partial charge in [0.15, 0.2) is 0 Å². The van der Waals surface area contributed by atoms with E-state index in [9.17, 15) is 4.39 Å². The summed E-state index contributed by atoms with van der Waals surface area (Å²) in [4.78, 5) is 9.00. The summed E-state index contributed by atoms with van der Waals surface area (Å²) >= 11 is 1.30. The maximum absolute atomic E-state index is 14.2. The molecule has 0 spiro atoms. The Morgan fingerprint density at radius 1 is 1.14 bits per heavy atom. The van der Waals surface area contributed by atoms with Crippen molar-refractivity contribution in [2.24, 2.45) is 5.73 Å². The maximum Gasteiger partial charge on any atom is 0.137 e. The van der Waals surface area contributed by atoms with Crippen LogP contribution in [0, 0.1) is 5.82 Å². The third-order valence-corrected chi connectivity index (χ3v) is 4.26. The molecule has 2 aromatic carbocycles. The molecule has 21 heavy (non-hydrogen) atoms. The van der Waals surface area contributed by atoms with Crippen LogP contribution in [-0.4, -0.2) is 9.97 Å². The minimum Gasteiger partial charge on any atom is -0.324 e. The fourth-order valence-corrected chi connectivity index (χ4v) is 2.93. The van der Waals surface area contributed by atoms with Crippen LogP contribution in [0.1, 0.15) is 18.5 Å². The number of hydrogen-bond acceptors (Lipinski definition) is 4. The number of nitrogens with zero attached hydrogens (tertiary/aromatic N) is 2. The Balaban J connectivity index is 1.99. The van der Waals surface area contributed by atoms with Crippen molar-refractivity contribution in [3.63, 3.8) is 0 Å². The molecule has 0 fully saturated rings. The molecule has 0 aliphatic heterocycles. The van der Waals surface area contributed by atoms with Gasteiger partial charge in [-0.15, -0.1) is 0 Å². The summed E-state index contributed by atoms with van der Waals surface area (Å²) in [6, 6.07) is 12.6. The van der Waals surface area contributed by atoms with Crippen molar-refractivity contribution in [1.82, 2.24) is 9.97 Å². The summed E-state index contributed by atoms with van der Waals surface area (Å²) < 4.78 is 14.2. The van der Waals surface area contributed by atoms with Crippen molar-refractivity contribution < 1.29 is 4.39 Å². The molecule has 0 bridgehead atoms. The predicted molar refractivity (Wildman–Crippen MR) is 82.7 cm³/mol. The van der Waals surface area contributed by atoms with Crippen LogP contribution in [0.5, 0.6) is 0 Å². The number of aromatic nitrogens is 2. The molecule has 1 heterocycles. The largest absolute Gasteiger partial charge is 0.324 e. The van der Waals surface area contributed by atoms with Crippen molar-refractivity contribution in [2.45, 2.75) is 22.9 Å². The molecule has 1 aromatic heterocycles. The number of benzene rings is 2. The van der Waals surface area contributed by atoms with E-state index in [-0.39, 0.29) is 11.9 Å². The van der Waals surface area contributed by atoms with Crippen LogP contribution in [0.25, 0.3) is 10.9 Å². The first kappa shape index (κ1) is 14.0. The normalized spacial score (nSPS) is 12.5. The minimum atomic E-state index is -0.280. The van der Waals surface area contributed by atoms with Gasteiger partial charge in [0, 0.05) is 16.3 Å². The van der Waals surface area contributed by atoms with Crippen LogP contribution in [0.3, 0.4) is 0 Å². The van der Waals surface area contributed by atoms with Crippen LogP contribution in [0.4, 0.5) is 4.39 Å². The molecule has 1 atom stereocenters. The molecule has 0 aliphatic carbocycles. The molecular formula is C16H14FN3S. The van der Waals surface area contributed by atoms with E-state index in [2.05, 4.69) is 9.97 Å². The molecule has 106 valence electrons. The molecule has 3 aromatic rings. The number of hydrogen-bond donors (Lipinski definition) is 1. The van der Waals surface area contributed by atoms with E-state index in [1.165, 1.54) is 24.2 Å². The fraction of sp³-hybridized carbons (Fsp3) is 0.125. The van der Waals surface area contributed by atoms with Gasteiger partial charge in [-0.1, -0.05) is 36.0 Å². The van der Waals surface area contributed by atoms with E-state index >= 15 is 0 Å². The molecular weight excluding hydrogens is 285 g/mol. The molecule has 0 saturated carbocycles. The van der Waals surface area contributed by atoms with Crippen molar-refractivity contribution in [3.8, 4) is 0 Å². The van der Waals surface area contributed by atoms with Gasteiger partial charge in [-0.2, -0.15) is 0 Å². The summed E-state index contributed by atoms with van der Waals surface area (Å²) in [6.07, 6.45) is 1.50. The molecule has 0 saturated heterocycles. The highest BCUT2D eigenvalue weighted by Gasteiger charge is 2.10. The van der Waals surface area contributed by atoms with Crippen molar-refractivity contribution in [1.29, 1.82) is 0 Å². The number of nitrogens with two attached hydrogens (primary N) is 1.